The molecule has 26 heavy (non-hydrogen) atoms. The molecule has 12 heteroatoms. The number of carbonyl (C=O) groups is 2. The number of carbonyl (C=O) groups excluding carboxylic acids is 1. The number of anilines is 2. The van der Waals surface area contributed by atoms with E-state index in [1.165, 1.54) is 24.3 Å². The van der Waals surface area contributed by atoms with Crippen molar-refractivity contribution in [1.82, 2.24) is 5.43 Å². The van der Waals surface area contributed by atoms with Crippen LogP contribution >= 0.6 is 0 Å². The van der Waals surface area contributed by atoms with Crippen LogP contribution in [0.3, 0.4) is 0 Å². The van der Waals surface area contributed by atoms with Crippen molar-refractivity contribution in [3.63, 3.8) is 0 Å². The van der Waals surface area contributed by atoms with E-state index in [4.69, 9.17) is 27.0 Å². The Hall–Kier alpha value is -3.35. The summed E-state index contributed by atoms with van der Waals surface area (Å²) in [6.45, 7) is 0. The standard InChI is InChI=1S/C7H9N3O2.C7H7NO5S/c8-4-1-2-5(6(11)3-4)7(12)10-9;8-4-1-2-5(7(9)10)6(3-4)14(11,12)13/h1-3,11H,8-9H2,(H,10,12);1-3H,8H2,(H,9,10)(H,11,12,13). The average molecular weight is 384 g/mol. The Labute approximate surface area is 147 Å². The van der Waals surface area contributed by atoms with Gasteiger partial charge >= 0.3 is 5.97 Å². The number of hydrazine groups is 1. The highest BCUT2D eigenvalue weighted by Crippen LogP contribution is 2.19. The maximum absolute atomic E-state index is 10.9. The Bertz CT molecular complexity index is 944. The molecule has 0 bridgehead atoms. The SMILES string of the molecule is NNC(=O)c1ccc(N)cc1O.Nc1ccc(C(=O)O)c(S(=O)(=O)O)c1. The van der Waals surface area contributed by atoms with Crippen molar-refractivity contribution in [2.24, 2.45) is 5.84 Å². The van der Waals surface area contributed by atoms with Crippen LogP contribution in [0, 0.1) is 0 Å². The predicted octanol–water partition coefficient (Wildman–Crippen LogP) is -0.208. The lowest BCUT2D eigenvalue weighted by atomic mass is 10.2. The van der Waals surface area contributed by atoms with Crippen molar-refractivity contribution >= 4 is 33.4 Å². The Morgan fingerprint density at radius 1 is 0.962 bits per heavy atom. The van der Waals surface area contributed by atoms with Gasteiger partial charge in [0.2, 0.25) is 0 Å². The van der Waals surface area contributed by atoms with E-state index in [2.05, 4.69) is 0 Å². The van der Waals surface area contributed by atoms with Gasteiger partial charge in [-0.05, 0) is 30.3 Å². The number of benzene rings is 2. The number of hydrogen-bond acceptors (Lipinski definition) is 8. The first-order valence-corrected chi connectivity index (χ1v) is 8.11. The predicted molar refractivity (Wildman–Crippen MR) is 91.8 cm³/mol. The number of phenolic OH excluding ortho intramolecular Hbond substituents is 1. The maximum atomic E-state index is 10.9. The molecule has 2 aromatic rings. The molecular weight excluding hydrogens is 368 g/mol. The first kappa shape index (κ1) is 20.7. The number of aromatic hydroxyl groups is 1. The van der Waals surface area contributed by atoms with Gasteiger partial charge in [0.1, 0.15) is 10.6 Å². The third-order valence-electron chi connectivity index (χ3n) is 2.91. The minimum Gasteiger partial charge on any atom is -0.507 e. The van der Waals surface area contributed by atoms with Crippen molar-refractivity contribution < 1.29 is 32.8 Å². The molecule has 0 heterocycles. The summed E-state index contributed by atoms with van der Waals surface area (Å²) in [5.41, 5.74) is 12.5. The summed E-state index contributed by atoms with van der Waals surface area (Å²) >= 11 is 0. The van der Waals surface area contributed by atoms with E-state index >= 15 is 0 Å². The van der Waals surface area contributed by atoms with Crippen LogP contribution in [-0.2, 0) is 10.1 Å². The number of nitrogens with two attached hydrogens (primary N) is 3. The smallest absolute Gasteiger partial charge is 0.337 e. The molecule has 0 atom stereocenters. The van der Waals surface area contributed by atoms with Gasteiger partial charge in [0.15, 0.2) is 0 Å². The Balaban J connectivity index is 0.000000263. The van der Waals surface area contributed by atoms with Crippen molar-refractivity contribution in [2.45, 2.75) is 4.90 Å². The minimum atomic E-state index is -4.56. The minimum absolute atomic E-state index is 0.0580. The van der Waals surface area contributed by atoms with E-state index < -0.39 is 32.5 Å². The molecule has 1 amide bonds. The molecule has 11 nitrogen and oxygen atoms in total. The van der Waals surface area contributed by atoms with Crippen LogP contribution < -0.4 is 22.7 Å². The summed E-state index contributed by atoms with van der Waals surface area (Å²) in [5.74, 6) is 2.69. The third kappa shape index (κ3) is 5.34. The number of hydrogen-bond donors (Lipinski definition) is 7. The molecule has 0 saturated heterocycles. The maximum Gasteiger partial charge on any atom is 0.337 e. The van der Waals surface area contributed by atoms with Crippen molar-refractivity contribution in [2.75, 3.05) is 11.5 Å². The lowest BCUT2D eigenvalue weighted by molar-refractivity contribution is 0.0692. The Morgan fingerprint density at radius 2 is 1.46 bits per heavy atom. The number of phenols is 1. The van der Waals surface area contributed by atoms with E-state index in [0.29, 0.717) is 5.69 Å². The molecule has 140 valence electrons. The molecule has 0 saturated carbocycles. The number of carboxylic acids is 1. The van der Waals surface area contributed by atoms with Gasteiger partial charge in [0.05, 0.1) is 11.1 Å². The molecular formula is C14H16N4O7S. The summed E-state index contributed by atoms with van der Waals surface area (Å²) in [6.07, 6.45) is 0. The van der Waals surface area contributed by atoms with Crippen LogP contribution in [0.15, 0.2) is 41.3 Å². The van der Waals surface area contributed by atoms with Gasteiger partial charge in [-0.3, -0.25) is 14.8 Å². The number of aromatic carboxylic acids is 1. The van der Waals surface area contributed by atoms with Gasteiger partial charge in [-0.25, -0.2) is 10.6 Å². The zero-order valence-corrected chi connectivity index (χ0v) is 13.9. The number of nitrogens with one attached hydrogen (secondary N) is 1. The number of rotatable bonds is 3. The summed E-state index contributed by atoms with van der Waals surface area (Å²) in [7, 11) is -4.56. The molecule has 0 spiro atoms. The molecule has 0 aliphatic rings. The average Bonchev–Trinajstić information content (AvgIpc) is 2.53. The highest BCUT2D eigenvalue weighted by Gasteiger charge is 2.19. The molecule has 0 radical (unpaired) electrons. The largest absolute Gasteiger partial charge is 0.507 e. The number of amides is 1. The van der Waals surface area contributed by atoms with Crippen LogP contribution in [0.5, 0.6) is 5.75 Å². The fraction of sp³-hybridized carbons (Fsp3) is 0. The summed E-state index contributed by atoms with van der Waals surface area (Å²) < 4.78 is 30.2. The number of carboxylic acid groups (broad SMARTS) is 1. The summed E-state index contributed by atoms with van der Waals surface area (Å²) in [4.78, 5) is 20.8. The van der Waals surface area contributed by atoms with Crippen LogP contribution in [0.4, 0.5) is 11.4 Å². The zero-order chi connectivity index (χ0) is 20.1. The van der Waals surface area contributed by atoms with Crippen molar-refractivity contribution in [1.29, 1.82) is 0 Å². The van der Waals surface area contributed by atoms with Gasteiger partial charge in [-0.15, -0.1) is 0 Å². The van der Waals surface area contributed by atoms with E-state index in [1.54, 1.807) is 0 Å². The van der Waals surface area contributed by atoms with E-state index in [0.717, 1.165) is 12.1 Å². The fourth-order valence-corrected chi connectivity index (χ4v) is 2.47. The van der Waals surface area contributed by atoms with Crippen molar-refractivity contribution in [3.05, 3.63) is 47.5 Å². The van der Waals surface area contributed by atoms with Gasteiger partial charge in [0, 0.05) is 17.4 Å². The van der Waals surface area contributed by atoms with E-state index in [1.807, 2.05) is 5.43 Å². The van der Waals surface area contributed by atoms with Crippen LogP contribution in [0.25, 0.3) is 0 Å². The molecule has 0 unspecified atom stereocenters. The highest BCUT2D eigenvalue weighted by molar-refractivity contribution is 7.86. The Kier molecular flexibility index (Phi) is 6.49. The van der Waals surface area contributed by atoms with Crippen LogP contribution in [-0.4, -0.2) is 35.1 Å². The topological polar surface area (TPSA) is 219 Å². The molecule has 0 fully saturated rings. The fourth-order valence-electron chi connectivity index (χ4n) is 1.75. The van der Waals surface area contributed by atoms with Gasteiger partial charge in [-0.1, -0.05) is 0 Å². The quantitative estimate of drug-likeness (QED) is 0.121. The number of nitrogen functional groups attached to an aromatic ring is 3. The van der Waals surface area contributed by atoms with Gasteiger partial charge in [0.25, 0.3) is 16.0 Å². The first-order chi connectivity index (χ1) is 12.0. The van der Waals surface area contributed by atoms with E-state index in [-0.39, 0.29) is 17.0 Å². The first-order valence-electron chi connectivity index (χ1n) is 6.67. The van der Waals surface area contributed by atoms with Crippen molar-refractivity contribution in [3.8, 4) is 5.75 Å². The lowest BCUT2D eigenvalue weighted by Gasteiger charge is -2.03. The molecule has 0 aliphatic carbocycles. The molecule has 10 N–H and O–H groups in total. The zero-order valence-electron chi connectivity index (χ0n) is 13.1. The second-order valence-electron chi connectivity index (χ2n) is 4.79. The van der Waals surface area contributed by atoms with Gasteiger partial charge < -0.3 is 21.7 Å². The molecule has 0 aromatic heterocycles. The second-order valence-corrected chi connectivity index (χ2v) is 6.18. The molecule has 2 rings (SSSR count). The van der Waals surface area contributed by atoms with Crippen LogP contribution in [0.1, 0.15) is 20.7 Å². The second kappa shape index (κ2) is 8.15. The molecule has 2 aromatic carbocycles. The highest BCUT2D eigenvalue weighted by atomic mass is 32.2. The monoisotopic (exact) mass is 384 g/mol. The lowest BCUT2D eigenvalue weighted by Crippen LogP contribution is -2.29. The summed E-state index contributed by atoms with van der Waals surface area (Å²) in [5, 5.41) is 17.8. The summed E-state index contributed by atoms with van der Waals surface area (Å²) in [6, 6.07) is 7.32. The third-order valence-corrected chi connectivity index (χ3v) is 3.81. The molecule has 0 aliphatic heterocycles. The normalized spacial score (nSPS) is 10.4. The Morgan fingerprint density at radius 3 is 1.88 bits per heavy atom. The van der Waals surface area contributed by atoms with Gasteiger partial charge in [-0.2, -0.15) is 8.42 Å². The van der Waals surface area contributed by atoms with Crippen LogP contribution in [0.2, 0.25) is 0 Å². The van der Waals surface area contributed by atoms with E-state index in [9.17, 15) is 23.1 Å².